The van der Waals surface area contributed by atoms with Crippen molar-refractivity contribution >= 4 is 12.0 Å². The molecule has 2 aromatic rings. The maximum absolute atomic E-state index is 14.2. The number of halogens is 1. The third-order valence-electron chi connectivity index (χ3n) is 4.92. The van der Waals surface area contributed by atoms with Crippen LogP contribution in [-0.4, -0.2) is 22.9 Å². The molecular weight excluding hydrogens is 343 g/mol. The molecule has 3 rings (SSSR count). The van der Waals surface area contributed by atoms with Crippen LogP contribution in [0, 0.1) is 17.7 Å². The summed E-state index contributed by atoms with van der Waals surface area (Å²) in [5, 5.41) is 0. The first-order chi connectivity index (χ1) is 13.0. The SMILES string of the molecule is CC(C)Oc1ccc(F)c(-c2ccc(CC3CC(C(=O)C=[N+]=[N-])C3)cc2)c1. The van der Waals surface area contributed by atoms with Crippen molar-refractivity contribution in [1.29, 1.82) is 0 Å². The topological polar surface area (TPSA) is 62.7 Å². The molecule has 0 radical (unpaired) electrons. The number of carbonyl (C=O) groups is 1. The Kier molecular flexibility index (Phi) is 5.82. The number of ketones is 1. The first kappa shape index (κ1) is 19.0. The quantitative estimate of drug-likeness (QED) is 0.404. The number of rotatable bonds is 7. The van der Waals surface area contributed by atoms with Gasteiger partial charge < -0.3 is 10.3 Å². The molecule has 140 valence electrons. The minimum absolute atomic E-state index is 0.0250. The number of benzene rings is 2. The van der Waals surface area contributed by atoms with E-state index in [0.29, 0.717) is 17.2 Å². The fraction of sp³-hybridized carbons (Fsp3) is 0.364. The molecule has 0 spiro atoms. The highest BCUT2D eigenvalue weighted by molar-refractivity contribution is 6.26. The Labute approximate surface area is 158 Å². The van der Waals surface area contributed by atoms with Crippen LogP contribution >= 0.6 is 0 Å². The smallest absolute Gasteiger partial charge is 0.323 e. The predicted molar refractivity (Wildman–Crippen MR) is 102 cm³/mol. The fourth-order valence-corrected chi connectivity index (χ4v) is 3.52. The highest BCUT2D eigenvalue weighted by Crippen LogP contribution is 2.37. The van der Waals surface area contributed by atoms with Gasteiger partial charge in [-0.1, -0.05) is 24.3 Å². The molecular formula is C22H23FN2O2. The van der Waals surface area contributed by atoms with E-state index in [1.165, 1.54) is 11.6 Å². The lowest BCUT2D eigenvalue weighted by molar-refractivity contribution is -0.123. The molecule has 0 bridgehead atoms. The molecule has 1 aliphatic rings. The molecule has 0 aromatic heterocycles. The second kappa shape index (κ2) is 8.28. The van der Waals surface area contributed by atoms with Gasteiger partial charge in [0, 0.05) is 11.5 Å². The lowest BCUT2D eigenvalue weighted by atomic mass is 9.70. The van der Waals surface area contributed by atoms with Crippen LogP contribution < -0.4 is 4.74 Å². The standard InChI is InChI=1S/C22H23FN2O2/c1-14(2)27-19-7-8-21(23)20(12-19)17-5-3-15(4-6-17)9-16-10-18(11-16)22(26)13-25-24/h3-8,12-14,16,18H,9-11H2,1-2H3. The Morgan fingerprint density at radius 2 is 1.96 bits per heavy atom. The lowest BCUT2D eigenvalue weighted by Gasteiger charge is -2.32. The van der Waals surface area contributed by atoms with Gasteiger partial charge in [-0.3, -0.25) is 4.79 Å². The first-order valence-electron chi connectivity index (χ1n) is 9.23. The third kappa shape index (κ3) is 4.69. The van der Waals surface area contributed by atoms with E-state index in [4.69, 9.17) is 10.3 Å². The van der Waals surface area contributed by atoms with E-state index in [9.17, 15) is 9.18 Å². The molecule has 4 nitrogen and oxygen atoms in total. The minimum atomic E-state index is -0.273. The molecule has 0 unspecified atom stereocenters. The van der Waals surface area contributed by atoms with E-state index < -0.39 is 0 Å². The summed E-state index contributed by atoms with van der Waals surface area (Å²) in [6, 6.07) is 12.7. The molecule has 0 N–H and O–H groups in total. The van der Waals surface area contributed by atoms with Gasteiger partial charge in [0.05, 0.1) is 6.10 Å². The molecule has 27 heavy (non-hydrogen) atoms. The van der Waals surface area contributed by atoms with Crippen molar-refractivity contribution in [3.05, 3.63) is 59.4 Å². The van der Waals surface area contributed by atoms with E-state index in [0.717, 1.165) is 31.0 Å². The Bertz CT molecular complexity index is 864. The van der Waals surface area contributed by atoms with Gasteiger partial charge in [0.25, 0.3) is 0 Å². The Morgan fingerprint density at radius 3 is 2.59 bits per heavy atom. The summed E-state index contributed by atoms with van der Waals surface area (Å²) in [6.07, 6.45) is 3.54. The van der Waals surface area contributed by atoms with Crippen LogP contribution in [0.25, 0.3) is 16.7 Å². The Hall–Kier alpha value is -2.78. The predicted octanol–water partition coefficient (Wildman–Crippen LogP) is 4.72. The number of hydrogen-bond donors (Lipinski definition) is 0. The lowest BCUT2D eigenvalue weighted by Crippen LogP contribution is -2.32. The van der Waals surface area contributed by atoms with Crippen molar-refractivity contribution in [2.75, 3.05) is 0 Å². The molecule has 0 aliphatic heterocycles. The molecule has 0 amide bonds. The van der Waals surface area contributed by atoms with Crippen molar-refractivity contribution in [3.63, 3.8) is 0 Å². The maximum Gasteiger partial charge on any atom is 0.323 e. The van der Waals surface area contributed by atoms with E-state index >= 15 is 0 Å². The summed E-state index contributed by atoms with van der Waals surface area (Å²) in [5.74, 6) is 0.703. The average molecular weight is 366 g/mol. The third-order valence-corrected chi connectivity index (χ3v) is 4.92. The highest BCUT2D eigenvalue weighted by atomic mass is 19.1. The van der Waals surface area contributed by atoms with E-state index in [1.54, 1.807) is 12.1 Å². The van der Waals surface area contributed by atoms with Crippen LogP contribution in [0.2, 0.25) is 0 Å². The molecule has 5 heteroatoms. The number of hydrogen-bond acceptors (Lipinski definition) is 2. The zero-order valence-corrected chi connectivity index (χ0v) is 15.6. The van der Waals surface area contributed by atoms with Gasteiger partial charge in [-0.25, -0.2) is 4.39 Å². The van der Waals surface area contributed by atoms with E-state index in [1.807, 2.05) is 38.1 Å². The van der Waals surface area contributed by atoms with Gasteiger partial charge in [-0.15, -0.1) is 0 Å². The monoisotopic (exact) mass is 366 g/mol. The van der Waals surface area contributed by atoms with Crippen molar-refractivity contribution in [3.8, 4) is 16.9 Å². The van der Waals surface area contributed by atoms with Gasteiger partial charge in [0.2, 0.25) is 5.78 Å². The van der Waals surface area contributed by atoms with Crippen molar-refractivity contribution in [1.82, 2.24) is 0 Å². The van der Waals surface area contributed by atoms with Crippen LogP contribution in [0.3, 0.4) is 0 Å². The van der Waals surface area contributed by atoms with Gasteiger partial charge in [0.15, 0.2) is 0 Å². The normalized spacial score (nSPS) is 18.5. The van der Waals surface area contributed by atoms with Crippen LogP contribution in [-0.2, 0) is 11.2 Å². The van der Waals surface area contributed by atoms with Gasteiger partial charge >= 0.3 is 6.21 Å². The first-order valence-corrected chi connectivity index (χ1v) is 9.23. The van der Waals surface area contributed by atoms with E-state index in [2.05, 4.69) is 4.79 Å². The Balaban J connectivity index is 1.64. The molecule has 0 saturated heterocycles. The second-order valence-corrected chi connectivity index (χ2v) is 7.39. The summed E-state index contributed by atoms with van der Waals surface area (Å²) in [5.41, 5.74) is 10.9. The molecule has 1 aliphatic carbocycles. The summed E-state index contributed by atoms with van der Waals surface area (Å²) in [6.45, 7) is 3.88. The molecule has 1 fully saturated rings. The van der Waals surface area contributed by atoms with Gasteiger partial charge in [-0.2, -0.15) is 4.79 Å². The minimum Gasteiger partial charge on any atom is -0.491 e. The van der Waals surface area contributed by atoms with Crippen LogP contribution in [0.4, 0.5) is 4.39 Å². The maximum atomic E-state index is 14.2. The summed E-state index contributed by atoms with van der Waals surface area (Å²) >= 11 is 0. The van der Waals surface area contributed by atoms with Gasteiger partial charge in [0.1, 0.15) is 11.6 Å². The zero-order valence-electron chi connectivity index (χ0n) is 15.6. The number of ether oxygens (including phenoxy) is 1. The molecule has 2 aromatic carbocycles. The number of nitrogens with zero attached hydrogens (tertiary/aromatic N) is 2. The number of carbonyl (C=O) groups excluding carboxylic acids is 1. The van der Waals surface area contributed by atoms with Crippen molar-refractivity contribution in [2.24, 2.45) is 11.8 Å². The highest BCUT2D eigenvalue weighted by Gasteiger charge is 2.34. The van der Waals surface area contributed by atoms with Crippen LogP contribution in [0.5, 0.6) is 5.75 Å². The van der Waals surface area contributed by atoms with Gasteiger partial charge in [-0.05, 0) is 68.4 Å². The van der Waals surface area contributed by atoms with Crippen molar-refractivity contribution in [2.45, 2.75) is 39.2 Å². The van der Waals surface area contributed by atoms with E-state index in [-0.39, 0.29) is 23.6 Å². The van der Waals surface area contributed by atoms with Crippen molar-refractivity contribution < 1.29 is 18.7 Å². The Morgan fingerprint density at radius 1 is 1.26 bits per heavy atom. The summed E-state index contributed by atoms with van der Waals surface area (Å²) < 4.78 is 19.9. The fourth-order valence-electron chi connectivity index (χ4n) is 3.52. The number of Topliss-reactive ketones (excluding diaryl/α,β-unsaturated/α-hetero) is 1. The zero-order chi connectivity index (χ0) is 19.4. The molecule has 0 heterocycles. The largest absolute Gasteiger partial charge is 0.491 e. The molecule has 1 saturated carbocycles. The van der Waals surface area contributed by atoms with Crippen LogP contribution in [0.1, 0.15) is 32.3 Å². The average Bonchev–Trinajstić information content (AvgIpc) is 2.60. The second-order valence-electron chi connectivity index (χ2n) is 7.39. The van der Waals surface area contributed by atoms with Crippen LogP contribution in [0.15, 0.2) is 42.5 Å². The molecule has 0 atom stereocenters. The summed E-state index contributed by atoms with van der Waals surface area (Å²) in [4.78, 5) is 14.4. The summed E-state index contributed by atoms with van der Waals surface area (Å²) in [7, 11) is 0.